The Morgan fingerprint density at radius 2 is 1.80 bits per heavy atom. The molecule has 0 unspecified atom stereocenters. The lowest BCUT2D eigenvalue weighted by atomic mass is 9.92. The van der Waals surface area contributed by atoms with Crippen molar-refractivity contribution >= 4 is 46.6 Å². The Labute approximate surface area is 184 Å². The van der Waals surface area contributed by atoms with E-state index in [1.165, 1.54) is 0 Å². The molecule has 0 spiro atoms. The highest BCUT2D eigenvalue weighted by Crippen LogP contribution is 2.30. The van der Waals surface area contributed by atoms with Gasteiger partial charge in [0.25, 0.3) is 0 Å². The Bertz CT molecular complexity index is 1120. The minimum Gasteiger partial charge on any atom is -0.384 e. The average Bonchev–Trinajstić information content (AvgIpc) is 3.09. The van der Waals surface area contributed by atoms with Crippen molar-refractivity contribution in [2.75, 3.05) is 10.6 Å². The average molecular weight is 445 g/mol. The number of nitrogens with two attached hydrogens (primary N) is 1. The second-order valence-corrected chi connectivity index (χ2v) is 8.51. The molecule has 1 heterocycles. The number of urea groups is 1. The molecule has 3 aromatic rings. The summed E-state index contributed by atoms with van der Waals surface area (Å²) in [7, 11) is 0. The third-order valence-electron chi connectivity index (χ3n) is 4.32. The van der Waals surface area contributed by atoms with Gasteiger partial charge in [-0.15, -0.1) is 0 Å². The summed E-state index contributed by atoms with van der Waals surface area (Å²) in [5.74, 6) is 0.402. The number of amides is 2. The lowest BCUT2D eigenvalue weighted by Gasteiger charge is -2.14. The fourth-order valence-corrected chi connectivity index (χ4v) is 3.06. The Morgan fingerprint density at radius 3 is 2.47 bits per heavy atom. The summed E-state index contributed by atoms with van der Waals surface area (Å²) in [5.41, 5.74) is 7.77. The number of nitrogen functional groups attached to an aromatic ring is 1. The molecule has 0 aliphatic rings. The first-order valence-corrected chi connectivity index (χ1v) is 9.89. The van der Waals surface area contributed by atoms with Crippen LogP contribution in [0.25, 0.3) is 5.69 Å². The Morgan fingerprint density at radius 1 is 1.10 bits per heavy atom. The van der Waals surface area contributed by atoms with Crippen LogP contribution < -0.4 is 16.4 Å². The molecule has 0 atom stereocenters. The minimum atomic E-state index is -0.497. The van der Waals surface area contributed by atoms with Crippen LogP contribution in [0, 0.1) is 5.41 Å². The largest absolute Gasteiger partial charge is 0.384 e. The van der Waals surface area contributed by atoms with Crippen LogP contribution in [-0.2, 0) is 5.41 Å². The molecule has 30 heavy (non-hydrogen) atoms. The van der Waals surface area contributed by atoms with Gasteiger partial charge in [-0.1, -0.05) is 62.2 Å². The number of nitrogens with zero attached hydrogens (tertiary/aromatic N) is 2. The van der Waals surface area contributed by atoms with Crippen molar-refractivity contribution in [2.24, 2.45) is 5.73 Å². The van der Waals surface area contributed by atoms with E-state index in [0.717, 1.165) is 5.69 Å². The first kappa shape index (κ1) is 21.7. The molecule has 0 fully saturated rings. The molecule has 7 nitrogen and oxygen atoms in total. The maximum atomic E-state index is 12.6. The molecule has 1 aromatic heterocycles. The SMILES string of the molecule is CC(C)(C)c1cc(NC(=O)Nc2cccc(Cl)c2Cl)n(-c2cccc(C(=N)N)c2)n1. The molecule has 2 amide bonds. The van der Waals surface area contributed by atoms with Crippen molar-refractivity contribution in [1.82, 2.24) is 9.78 Å². The standard InChI is InChI=1S/C21H22Cl2N6O/c1-21(2,3)16-11-17(27-20(30)26-15-9-5-8-14(22)18(15)23)29(28-16)13-7-4-6-12(10-13)19(24)25/h4-11H,1-3H3,(H3,24,25)(H2,26,27,30). The smallest absolute Gasteiger partial charge is 0.324 e. The second kappa shape index (κ2) is 8.38. The summed E-state index contributed by atoms with van der Waals surface area (Å²) in [4.78, 5) is 12.6. The number of anilines is 2. The van der Waals surface area contributed by atoms with Gasteiger partial charge in [-0.05, 0) is 24.3 Å². The van der Waals surface area contributed by atoms with Crippen LogP contribution in [0.3, 0.4) is 0 Å². The summed E-state index contributed by atoms with van der Waals surface area (Å²) in [5, 5.41) is 18.4. The number of nitrogens with one attached hydrogen (secondary N) is 3. The number of rotatable bonds is 4. The lowest BCUT2D eigenvalue weighted by molar-refractivity contribution is 0.262. The van der Waals surface area contributed by atoms with E-state index in [1.54, 1.807) is 47.1 Å². The maximum absolute atomic E-state index is 12.6. The molecule has 0 aliphatic carbocycles. The Kier molecular flexibility index (Phi) is 6.05. The van der Waals surface area contributed by atoms with E-state index in [0.29, 0.717) is 27.8 Å². The van der Waals surface area contributed by atoms with Crippen molar-refractivity contribution in [3.8, 4) is 5.69 Å². The summed E-state index contributed by atoms with van der Waals surface area (Å²) < 4.78 is 1.60. The number of hydrogen-bond acceptors (Lipinski definition) is 3. The summed E-state index contributed by atoms with van der Waals surface area (Å²) in [6.45, 7) is 6.09. The van der Waals surface area contributed by atoms with E-state index in [4.69, 9.17) is 34.3 Å². The van der Waals surface area contributed by atoms with Crippen LogP contribution in [0.15, 0.2) is 48.5 Å². The molecular weight excluding hydrogens is 423 g/mol. The van der Waals surface area contributed by atoms with Crippen LogP contribution in [-0.4, -0.2) is 21.6 Å². The zero-order valence-electron chi connectivity index (χ0n) is 16.8. The zero-order valence-corrected chi connectivity index (χ0v) is 18.3. The quantitative estimate of drug-likeness (QED) is 0.319. The van der Waals surface area contributed by atoms with Crippen molar-refractivity contribution in [3.63, 3.8) is 0 Å². The number of amidine groups is 1. The molecule has 0 saturated heterocycles. The predicted molar refractivity (Wildman–Crippen MR) is 122 cm³/mol. The number of carbonyl (C=O) groups excluding carboxylic acids is 1. The molecule has 5 N–H and O–H groups in total. The van der Waals surface area contributed by atoms with E-state index >= 15 is 0 Å². The highest BCUT2D eigenvalue weighted by atomic mass is 35.5. The second-order valence-electron chi connectivity index (χ2n) is 7.72. The van der Waals surface area contributed by atoms with E-state index in [9.17, 15) is 4.79 Å². The van der Waals surface area contributed by atoms with Crippen LogP contribution in [0.2, 0.25) is 10.0 Å². The van der Waals surface area contributed by atoms with Crippen molar-refractivity contribution < 1.29 is 4.79 Å². The summed E-state index contributed by atoms with van der Waals surface area (Å²) in [6, 6.07) is 13.4. The van der Waals surface area contributed by atoms with E-state index in [2.05, 4.69) is 15.7 Å². The summed E-state index contributed by atoms with van der Waals surface area (Å²) >= 11 is 12.2. The minimum absolute atomic E-state index is 0.0529. The topological polar surface area (TPSA) is 109 Å². The Hall–Kier alpha value is -3.03. The Balaban J connectivity index is 1.96. The van der Waals surface area contributed by atoms with E-state index < -0.39 is 6.03 Å². The first-order valence-electron chi connectivity index (χ1n) is 9.13. The molecule has 0 bridgehead atoms. The summed E-state index contributed by atoms with van der Waals surface area (Å²) in [6.07, 6.45) is 0. The van der Waals surface area contributed by atoms with Crippen LogP contribution in [0.1, 0.15) is 32.0 Å². The van der Waals surface area contributed by atoms with Crippen LogP contribution in [0.4, 0.5) is 16.3 Å². The van der Waals surface area contributed by atoms with Gasteiger partial charge in [-0.2, -0.15) is 5.10 Å². The number of halogens is 2. The molecule has 0 aliphatic heterocycles. The molecular formula is C21H22Cl2N6O. The number of carbonyl (C=O) groups is 1. The number of hydrogen-bond donors (Lipinski definition) is 4. The highest BCUT2D eigenvalue weighted by molar-refractivity contribution is 6.44. The van der Waals surface area contributed by atoms with Gasteiger partial charge in [-0.3, -0.25) is 10.7 Å². The van der Waals surface area contributed by atoms with Crippen LogP contribution >= 0.6 is 23.2 Å². The monoisotopic (exact) mass is 444 g/mol. The van der Waals surface area contributed by atoms with Crippen molar-refractivity contribution in [3.05, 3.63) is 69.8 Å². The molecule has 0 radical (unpaired) electrons. The van der Waals surface area contributed by atoms with E-state index in [-0.39, 0.29) is 16.3 Å². The lowest BCUT2D eigenvalue weighted by Crippen LogP contribution is -2.21. The first-order chi connectivity index (χ1) is 14.1. The fourth-order valence-electron chi connectivity index (χ4n) is 2.71. The van der Waals surface area contributed by atoms with Crippen LogP contribution in [0.5, 0.6) is 0 Å². The van der Waals surface area contributed by atoms with Gasteiger partial charge in [0.2, 0.25) is 0 Å². The molecule has 3 rings (SSSR count). The van der Waals surface area contributed by atoms with E-state index in [1.807, 2.05) is 26.8 Å². The van der Waals surface area contributed by atoms with Gasteiger partial charge in [-0.25, -0.2) is 9.48 Å². The zero-order chi connectivity index (χ0) is 22.1. The highest BCUT2D eigenvalue weighted by Gasteiger charge is 2.22. The fraction of sp³-hybridized carbons (Fsp3) is 0.190. The normalized spacial score (nSPS) is 11.2. The van der Waals surface area contributed by atoms with Gasteiger partial charge >= 0.3 is 6.03 Å². The van der Waals surface area contributed by atoms with Gasteiger partial charge in [0.05, 0.1) is 27.1 Å². The number of benzene rings is 2. The predicted octanol–water partition coefficient (Wildman–Crippen LogP) is 5.40. The van der Waals surface area contributed by atoms with Gasteiger partial charge in [0.15, 0.2) is 0 Å². The molecule has 9 heteroatoms. The van der Waals surface area contributed by atoms with Crippen molar-refractivity contribution in [2.45, 2.75) is 26.2 Å². The van der Waals surface area contributed by atoms with Gasteiger partial charge in [0.1, 0.15) is 11.7 Å². The molecule has 0 saturated carbocycles. The van der Waals surface area contributed by atoms with Gasteiger partial charge in [0, 0.05) is 17.0 Å². The number of aromatic nitrogens is 2. The van der Waals surface area contributed by atoms with Gasteiger partial charge < -0.3 is 11.1 Å². The third-order valence-corrected chi connectivity index (χ3v) is 5.14. The van der Waals surface area contributed by atoms with Crippen molar-refractivity contribution in [1.29, 1.82) is 5.41 Å². The molecule has 156 valence electrons. The molecule has 2 aromatic carbocycles. The maximum Gasteiger partial charge on any atom is 0.324 e. The third kappa shape index (κ3) is 4.75.